The molecule has 0 aliphatic heterocycles. The second-order valence-electron chi connectivity index (χ2n) is 6.06. The standard InChI is InChI=1S/C17H24N4OS/c1-4-23-14-8-7-13(11-14)19(2)17(22)15-12-18-20(3)16(15)21-9-5-6-10-21/h5-6,9-10,12-14H,4,7-8,11H2,1-3H3/t13-,14-/m0/s1. The SMILES string of the molecule is CCS[C@H]1CC[C@H](N(C)C(=O)c2cnn(C)c2-n2cccc2)C1. The molecule has 0 N–H and O–H groups in total. The summed E-state index contributed by atoms with van der Waals surface area (Å²) < 4.78 is 3.70. The second kappa shape index (κ2) is 6.83. The number of hydrogen-bond donors (Lipinski definition) is 0. The van der Waals surface area contributed by atoms with Gasteiger partial charge in [-0.2, -0.15) is 16.9 Å². The monoisotopic (exact) mass is 332 g/mol. The van der Waals surface area contributed by atoms with E-state index < -0.39 is 0 Å². The van der Waals surface area contributed by atoms with Crippen molar-refractivity contribution in [3.8, 4) is 5.82 Å². The molecule has 2 heterocycles. The van der Waals surface area contributed by atoms with Gasteiger partial charge in [-0.15, -0.1) is 0 Å². The molecule has 23 heavy (non-hydrogen) atoms. The highest BCUT2D eigenvalue weighted by Crippen LogP contribution is 2.33. The van der Waals surface area contributed by atoms with Gasteiger partial charge in [0.1, 0.15) is 11.4 Å². The Kier molecular flexibility index (Phi) is 4.80. The van der Waals surface area contributed by atoms with E-state index in [4.69, 9.17) is 0 Å². The lowest BCUT2D eigenvalue weighted by Crippen LogP contribution is -2.36. The summed E-state index contributed by atoms with van der Waals surface area (Å²) >= 11 is 2.01. The first-order chi connectivity index (χ1) is 11.1. The quantitative estimate of drug-likeness (QED) is 0.845. The molecule has 2 atom stereocenters. The maximum absolute atomic E-state index is 13.0. The van der Waals surface area contributed by atoms with Crippen LogP contribution >= 0.6 is 11.8 Å². The molecule has 1 saturated carbocycles. The van der Waals surface area contributed by atoms with Crippen molar-refractivity contribution < 1.29 is 4.79 Å². The molecule has 0 saturated heterocycles. The Morgan fingerprint density at radius 1 is 1.39 bits per heavy atom. The van der Waals surface area contributed by atoms with Crippen molar-refractivity contribution in [3.05, 3.63) is 36.3 Å². The third-order valence-corrected chi connectivity index (χ3v) is 5.85. The minimum atomic E-state index is 0.0638. The first kappa shape index (κ1) is 16.2. The van der Waals surface area contributed by atoms with E-state index in [9.17, 15) is 4.79 Å². The van der Waals surface area contributed by atoms with Crippen molar-refractivity contribution in [1.82, 2.24) is 19.2 Å². The Morgan fingerprint density at radius 3 is 2.83 bits per heavy atom. The van der Waals surface area contributed by atoms with Gasteiger partial charge in [-0.05, 0) is 37.1 Å². The summed E-state index contributed by atoms with van der Waals surface area (Å²) in [5, 5.41) is 4.98. The molecule has 1 amide bonds. The zero-order chi connectivity index (χ0) is 16.4. The largest absolute Gasteiger partial charge is 0.339 e. The molecular formula is C17H24N4OS. The predicted octanol–water partition coefficient (Wildman–Crippen LogP) is 2.96. The number of aryl methyl sites for hydroxylation is 1. The summed E-state index contributed by atoms with van der Waals surface area (Å²) in [6.45, 7) is 2.20. The summed E-state index contributed by atoms with van der Waals surface area (Å²) in [6.07, 6.45) is 8.97. The van der Waals surface area contributed by atoms with Crippen LogP contribution in [0.5, 0.6) is 0 Å². The van der Waals surface area contributed by atoms with E-state index >= 15 is 0 Å². The first-order valence-electron chi connectivity index (χ1n) is 8.16. The van der Waals surface area contributed by atoms with Crippen LogP contribution in [0.25, 0.3) is 5.82 Å². The number of carbonyl (C=O) groups is 1. The first-order valence-corrected chi connectivity index (χ1v) is 9.20. The van der Waals surface area contributed by atoms with Crippen molar-refractivity contribution in [1.29, 1.82) is 0 Å². The zero-order valence-corrected chi connectivity index (χ0v) is 14.8. The smallest absolute Gasteiger partial charge is 0.259 e. The fourth-order valence-electron chi connectivity index (χ4n) is 3.38. The molecule has 0 unspecified atom stereocenters. The van der Waals surface area contributed by atoms with E-state index in [1.807, 2.05) is 59.9 Å². The van der Waals surface area contributed by atoms with Gasteiger partial charge in [0.25, 0.3) is 5.91 Å². The van der Waals surface area contributed by atoms with Crippen molar-refractivity contribution in [2.75, 3.05) is 12.8 Å². The van der Waals surface area contributed by atoms with Crippen LogP contribution in [0.1, 0.15) is 36.5 Å². The summed E-state index contributed by atoms with van der Waals surface area (Å²) in [4.78, 5) is 14.9. The number of amides is 1. The van der Waals surface area contributed by atoms with Gasteiger partial charge in [0.2, 0.25) is 0 Å². The number of nitrogens with zero attached hydrogens (tertiary/aromatic N) is 4. The molecule has 124 valence electrons. The van der Waals surface area contributed by atoms with Crippen LogP contribution in [0.3, 0.4) is 0 Å². The van der Waals surface area contributed by atoms with Crippen LogP contribution in [0.2, 0.25) is 0 Å². The number of aromatic nitrogens is 3. The van der Waals surface area contributed by atoms with Crippen LogP contribution in [-0.2, 0) is 7.05 Å². The third kappa shape index (κ3) is 3.17. The lowest BCUT2D eigenvalue weighted by atomic mass is 10.2. The maximum Gasteiger partial charge on any atom is 0.259 e. The van der Waals surface area contributed by atoms with E-state index in [1.54, 1.807) is 10.9 Å². The highest BCUT2D eigenvalue weighted by atomic mass is 32.2. The molecule has 2 aromatic heterocycles. The number of hydrogen-bond acceptors (Lipinski definition) is 3. The van der Waals surface area contributed by atoms with E-state index in [0.29, 0.717) is 16.9 Å². The number of carbonyl (C=O) groups excluding carboxylic acids is 1. The number of thioether (sulfide) groups is 1. The van der Waals surface area contributed by atoms with E-state index in [1.165, 1.54) is 6.42 Å². The molecule has 0 spiro atoms. The minimum Gasteiger partial charge on any atom is -0.339 e. The minimum absolute atomic E-state index is 0.0638. The molecule has 0 aromatic carbocycles. The van der Waals surface area contributed by atoms with Gasteiger partial charge >= 0.3 is 0 Å². The van der Waals surface area contributed by atoms with Crippen LogP contribution in [-0.4, -0.2) is 49.2 Å². The van der Waals surface area contributed by atoms with Gasteiger partial charge in [-0.3, -0.25) is 9.48 Å². The molecule has 0 bridgehead atoms. The topological polar surface area (TPSA) is 43.1 Å². The molecule has 1 aliphatic rings. The third-order valence-electron chi connectivity index (χ3n) is 4.61. The molecule has 1 aliphatic carbocycles. The highest BCUT2D eigenvalue weighted by molar-refractivity contribution is 7.99. The fraction of sp³-hybridized carbons (Fsp3) is 0.529. The van der Waals surface area contributed by atoms with Gasteiger partial charge in [0, 0.05) is 37.8 Å². The lowest BCUT2D eigenvalue weighted by Gasteiger charge is -2.25. The zero-order valence-electron chi connectivity index (χ0n) is 14.0. The molecule has 6 heteroatoms. The highest BCUT2D eigenvalue weighted by Gasteiger charge is 2.31. The Morgan fingerprint density at radius 2 is 2.13 bits per heavy atom. The average Bonchev–Trinajstić information content (AvgIpc) is 3.26. The molecular weight excluding hydrogens is 308 g/mol. The van der Waals surface area contributed by atoms with Crippen LogP contribution in [0.15, 0.2) is 30.7 Å². The fourth-order valence-corrected chi connectivity index (χ4v) is 4.51. The molecule has 0 radical (unpaired) electrons. The lowest BCUT2D eigenvalue weighted by molar-refractivity contribution is 0.0735. The Labute approximate surface area is 141 Å². The van der Waals surface area contributed by atoms with Gasteiger partial charge in [0.05, 0.1) is 6.20 Å². The van der Waals surface area contributed by atoms with E-state index in [-0.39, 0.29) is 5.91 Å². The van der Waals surface area contributed by atoms with Crippen molar-refractivity contribution in [2.24, 2.45) is 7.05 Å². The van der Waals surface area contributed by atoms with Crippen LogP contribution in [0, 0.1) is 0 Å². The van der Waals surface area contributed by atoms with Gasteiger partial charge in [0.15, 0.2) is 0 Å². The van der Waals surface area contributed by atoms with Crippen LogP contribution in [0.4, 0.5) is 0 Å². The average molecular weight is 332 g/mol. The van der Waals surface area contributed by atoms with Crippen molar-refractivity contribution in [3.63, 3.8) is 0 Å². The van der Waals surface area contributed by atoms with Gasteiger partial charge in [-0.25, -0.2) is 0 Å². The Bertz CT molecular complexity index is 664. The molecule has 2 aromatic rings. The maximum atomic E-state index is 13.0. The van der Waals surface area contributed by atoms with E-state index in [0.717, 1.165) is 24.4 Å². The van der Waals surface area contributed by atoms with Crippen molar-refractivity contribution >= 4 is 17.7 Å². The van der Waals surface area contributed by atoms with E-state index in [2.05, 4.69) is 12.0 Å². The van der Waals surface area contributed by atoms with Gasteiger partial charge in [-0.1, -0.05) is 6.92 Å². The predicted molar refractivity (Wildman–Crippen MR) is 94.2 cm³/mol. The van der Waals surface area contributed by atoms with Crippen molar-refractivity contribution in [2.45, 2.75) is 37.5 Å². The van der Waals surface area contributed by atoms with Gasteiger partial charge < -0.3 is 9.47 Å². The number of rotatable bonds is 5. The Balaban J connectivity index is 1.79. The summed E-state index contributed by atoms with van der Waals surface area (Å²) in [5.41, 5.74) is 0.665. The molecule has 3 rings (SSSR count). The summed E-state index contributed by atoms with van der Waals surface area (Å²) in [7, 11) is 3.80. The molecule has 1 fully saturated rings. The van der Waals surface area contributed by atoms with Crippen LogP contribution < -0.4 is 0 Å². The normalized spacial score (nSPS) is 20.8. The second-order valence-corrected chi connectivity index (χ2v) is 7.63. The summed E-state index contributed by atoms with van der Waals surface area (Å²) in [6, 6.07) is 4.24. The Hall–Kier alpha value is -1.69. The summed E-state index contributed by atoms with van der Waals surface area (Å²) in [5.74, 6) is 2.04. The molecule has 5 nitrogen and oxygen atoms in total.